The SMILES string of the molecule is O=C(c1cc(Br)c[nH]1)N(CCO)C1CCCCC1. The number of aromatic amines is 1. The van der Waals surface area contributed by atoms with E-state index in [-0.39, 0.29) is 18.6 Å². The number of hydrogen-bond donors (Lipinski definition) is 2. The number of aliphatic hydroxyl groups is 1. The number of carbonyl (C=O) groups excluding carboxylic acids is 1. The zero-order valence-electron chi connectivity index (χ0n) is 10.4. The zero-order chi connectivity index (χ0) is 13.0. The Morgan fingerprint density at radius 2 is 2.17 bits per heavy atom. The van der Waals surface area contributed by atoms with Crippen LogP contribution in [0.4, 0.5) is 0 Å². The second kappa shape index (κ2) is 6.38. The Hall–Kier alpha value is -0.810. The molecule has 4 nitrogen and oxygen atoms in total. The van der Waals surface area contributed by atoms with Crippen LogP contribution in [0, 0.1) is 0 Å². The standard InChI is InChI=1S/C13H19BrN2O2/c14-10-8-12(15-9-10)13(18)16(6-7-17)11-4-2-1-3-5-11/h8-9,11,15,17H,1-7H2. The van der Waals surface area contributed by atoms with Crippen molar-refractivity contribution in [2.24, 2.45) is 0 Å². The van der Waals surface area contributed by atoms with Gasteiger partial charge < -0.3 is 15.0 Å². The minimum Gasteiger partial charge on any atom is -0.395 e. The van der Waals surface area contributed by atoms with Crippen LogP contribution in [0.2, 0.25) is 0 Å². The molecule has 0 aliphatic heterocycles. The average Bonchev–Trinajstić information content (AvgIpc) is 2.83. The Balaban J connectivity index is 2.10. The van der Waals surface area contributed by atoms with Gasteiger partial charge in [-0.3, -0.25) is 4.79 Å². The molecule has 1 heterocycles. The van der Waals surface area contributed by atoms with Gasteiger partial charge in [-0.05, 0) is 34.8 Å². The molecule has 1 saturated carbocycles. The van der Waals surface area contributed by atoms with Crippen LogP contribution in [0.15, 0.2) is 16.7 Å². The molecular formula is C13H19BrN2O2. The third kappa shape index (κ3) is 3.14. The van der Waals surface area contributed by atoms with Crippen LogP contribution in [-0.4, -0.2) is 40.1 Å². The molecule has 18 heavy (non-hydrogen) atoms. The summed E-state index contributed by atoms with van der Waals surface area (Å²) in [5.74, 6) is -0.0124. The highest BCUT2D eigenvalue weighted by molar-refractivity contribution is 9.10. The van der Waals surface area contributed by atoms with E-state index in [4.69, 9.17) is 5.11 Å². The van der Waals surface area contributed by atoms with E-state index >= 15 is 0 Å². The number of H-pyrrole nitrogens is 1. The zero-order valence-corrected chi connectivity index (χ0v) is 11.9. The molecule has 0 spiro atoms. The molecule has 0 saturated heterocycles. The summed E-state index contributed by atoms with van der Waals surface area (Å²) in [5, 5.41) is 9.15. The Morgan fingerprint density at radius 1 is 1.44 bits per heavy atom. The van der Waals surface area contributed by atoms with Gasteiger partial charge in [0.25, 0.3) is 5.91 Å². The van der Waals surface area contributed by atoms with Gasteiger partial charge in [0.15, 0.2) is 0 Å². The van der Waals surface area contributed by atoms with Crippen LogP contribution in [0.25, 0.3) is 0 Å². The molecule has 2 rings (SSSR count). The third-order valence-corrected chi connectivity index (χ3v) is 3.95. The van der Waals surface area contributed by atoms with Gasteiger partial charge in [0.05, 0.1) is 6.61 Å². The number of carbonyl (C=O) groups is 1. The number of rotatable bonds is 4. The van der Waals surface area contributed by atoms with E-state index in [1.165, 1.54) is 19.3 Å². The second-order valence-electron chi connectivity index (χ2n) is 4.75. The monoisotopic (exact) mass is 314 g/mol. The van der Waals surface area contributed by atoms with Crippen LogP contribution in [0.5, 0.6) is 0 Å². The average molecular weight is 315 g/mol. The Kier molecular flexibility index (Phi) is 4.83. The molecule has 0 radical (unpaired) electrons. The molecule has 100 valence electrons. The topological polar surface area (TPSA) is 56.3 Å². The van der Waals surface area contributed by atoms with E-state index < -0.39 is 0 Å². The van der Waals surface area contributed by atoms with Crippen molar-refractivity contribution in [3.63, 3.8) is 0 Å². The van der Waals surface area contributed by atoms with Crippen molar-refractivity contribution in [1.29, 1.82) is 0 Å². The summed E-state index contributed by atoms with van der Waals surface area (Å²) in [5.41, 5.74) is 0.584. The van der Waals surface area contributed by atoms with E-state index in [1.807, 2.05) is 4.90 Å². The third-order valence-electron chi connectivity index (χ3n) is 3.50. The van der Waals surface area contributed by atoms with Gasteiger partial charge in [-0.15, -0.1) is 0 Å². The van der Waals surface area contributed by atoms with Gasteiger partial charge in [0.1, 0.15) is 5.69 Å². The number of aromatic nitrogens is 1. The lowest BCUT2D eigenvalue weighted by molar-refractivity contribution is 0.0580. The van der Waals surface area contributed by atoms with Gasteiger partial charge >= 0.3 is 0 Å². The minimum absolute atomic E-state index is 0.0124. The fourth-order valence-corrected chi connectivity index (χ4v) is 2.94. The smallest absolute Gasteiger partial charge is 0.270 e. The molecule has 0 unspecified atom stereocenters. The fraction of sp³-hybridized carbons (Fsp3) is 0.615. The molecule has 5 heteroatoms. The first-order valence-electron chi connectivity index (χ1n) is 6.48. The number of aliphatic hydroxyl groups excluding tert-OH is 1. The van der Waals surface area contributed by atoms with Crippen LogP contribution < -0.4 is 0 Å². The largest absolute Gasteiger partial charge is 0.395 e. The first-order valence-corrected chi connectivity index (χ1v) is 7.27. The van der Waals surface area contributed by atoms with Gasteiger partial charge in [0.2, 0.25) is 0 Å². The van der Waals surface area contributed by atoms with E-state index in [1.54, 1.807) is 12.3 Å². The molecule has 2 N–H and O–H groups in total. The van der Waals surface area contributed by atoms with Crippen LogP contribution >= 0.6 is 15.9 Å². The fourth-order valence-electron chi connectivity index (χ4n) is 2.60. The van der Waals surface area contributed by atoms with E-state index in [9.17, 15) is 4.79 Å². The predicted molar refractivity (Wildman–Crippen MR) is 73.5 cm³/mol. The number of hydrogen-bond acceptors (Lipinski definition) is 2. The van der Waals surface area contributed by atoms with Crippen molar-refractivity contribution >= 4 is 21.8 Å². The maximum atomic E-state index is 12.4. The number of nitrogens with zero attached hydrogens (tertiary/aromatic N) is 1. The van der Waals surface area contributed by atoms with E-state index in [2.05, 4.69) is 20.9 Å². The van der Waals surface area contributed by atoms with Crippen LogP contribution in [-0.2, 0) is 0 Å². The molecule has 0 bridgehead atoms. The molecular weight excluding hydrogens is 296 g/mol. The maximum absolute atomic E-state index is 12.4. The molecule has 1 aromatic heterocycles. The lowest BCUT2D eigenvalue weighted by Crippen LogP contribution is -2.43. The summed E-state index contributed by atoms with van der Waals surface area (Å²) in [4.78, 5) is 17.2. The molecule has 1 amide bonds. The quantitative estimate of drug-likeness (QED) is 0.897. The molecule has 1 aliphatic rings. The Morgan fingerprint density at radius 3 is 2.72 bits per heavy atom. The molecule has 1 aromatic rings. The number of amides is 1. The number of halogens is 1. The summed E-state index contributed by atoms with van der Waals surface area (Å²) in [6, 6.07) is 2.07. The van der Waals surface area contributed by atoms with Crippen molar-refractivity contribution < 1.29 is 9.90 Å². The van der Waals surface area contributed by atoms with Gasteiger partial charge in [-0.25, -0.2) is 0 Å². The summed E-state index contributed by atoms with van der Waals surface area (Å²) < 4.78 is 0.874. The van der Waals surface area contributed by atoms with E-state index in [0.29, 0.717) is 12.2 Å². The predicted octanol–water partition coefficient (Wildman–Crippen LogP) is 2.54. The molecule has 0 atom stereocenters. The summed E-state index contributed by atoms with van der Waals surface area (Å²) in [6.07, 6.45) is 7.46. The normalized spacial score (nSPS) is 16.8. The summed E-state index contributed by atoms with van der Waals surface area (Å²) in [6.45, 7) is 0.435. The van der Waals surface area contributed by atoms with Gasteiger partial charge in [-0.1, -0.05) is 19.3 Å². The van der Waals surface area contributed by atoms with Gasteiger partial charge in [0, 0.05) is 23.3 Å². The Bertz CT molecular complexity index is 399. The lowest BCUT2D eigenvalue weighted by atomic mass is 9.94. The highest BCUT2D eigenvalue weighted by Crippen LogP contribution is 2.24. The van der Waals surface area contributed by atoms with E-state index in [0.717, 1.165) is 17.3 Å². The second-order valence-corrected chi connectivity index (χ2v) is 5.66. The summed E-state index contributed by atoms with van der Waals surface area (Å²) >= 11 is 3.33. The minimum atomic E-state index is -0.0124. The first kappa shape index (κ1) is 13.6. The van der Waals surface area contributed by atoms with Gasteiger partial charge in [-0.2, -0.15) is 0 Å². The maximum Gasteiger partial charge on any atom is 0.270 e. The van der Waals surface area contributed by atoms with Crippen molar-refractivity contribution in [3.8, 4) is 0 Å². The molecule has 1 aliphatic carbocycles. The number of nitrogens with one attached hydrogen (secondary N) is 1. The highest BCUT2D eigenvalue weighted by Gasteiger charge is 2.26. The van der Waals surface area contributed by atoms with Crippen molar-refractivity contribution in [1.82, 2.24) is 9.88 Å². The van der Waals surface area contributed by atoms with Crippen LogP contribution in [0.1, 0.15) is 42.6 Å². The van der Waals surface area contributed by atoms with Crippen molar-refractivity contribution in [2.45, 2.75) is 38.1 Å². The van der Waals surface area contributed by atoms with Crippen LogP contribution in [0.3, 0.4) is 0 Å². The van der Waals surface area contributed by atoms with Crippen molar-refractivity contribution in [3.05, 3.63) is 22.4 Å². The highest BCUT2D eigenvalue weighted by atomic mass is 79.9. The molecule has 1 fully saturated rings. The summed E-state index contributed by atoms with van der Waals surface area (Å²) in [7, 11) is 0. The molecule has 0 aromatic carbocycles. The lowest BCUT2D eigenvalue weighted by Gasteiger charge is -2.33. The first-order chi connectivity index (χ1) is 8.72. The van der Waals surface area contributed by atoms with Crippen molar-refractivity contribution in [2.75, 3.05) is 13.2 Å². The Labute approximate surface area is 116 Å².